The van der Waals surface area contributed by atoms with Crippen LogP contribution in [0.3, 0.4) is 0 Å². The first kappa shape index (κ1) is 21.9. The van der Waals surface area contributed by atoms with Crippen LogP contribution in [-0.2, 0) is 0 Å². The van der Waals surface area contributed by atoms with Crippen LogP contribution in [-0.4, -0.2) is 70.3 Å². The van der Waals surface area contributed by atoms with Gasteiger partial charge in [-0.1, -0.05) is 6.58 Å². The first-order valence-electron chi connectivity index (χ1n) is 10.8. The van der Waals surface area contributed by atoms with E-state index in [0.29, 0.717) is 12.2 Å². The average Bonchev–Trinajstić information content (AvgIpc) is 3.23. The van der Waals surface area contributed by atoms with Crippen molar-refractivity contribution in [1.82, 2.24) is 35.7 Å². The fourth-order valence-electron chi connectivity index (χ4n) is 4.10. The highest BCUT2D eigenvalue weighted by Crippen LogP contribution is 2.26. The first-order chi connectivity index (χ1) is 15.5. The Kier molecular flexibility index (Phi) is 6.79. The Balaban J connectivity index is 1.43. The van der Waals surface area contributed by atoms with Crippen LogP contribution in [0.2, 0.25) is 0 Å². The molecule has 0 bridgehead atoms. The minimum absolute atomic E-state index is 0.0658. The van der Waals surface area contributed by atoms with Gasteiger partial charge in [-0.3, -0.25) is 25.6 Å². The number of nitrogens with two attached hydrogens (primary N) is 1. The van der Waals surface area contributed by atoms with Crippen molar-refractivity contribution in [3.63, 3.8) is 0 Å². The highest BCUT2D eigenvalue weighted by molar-refractivity contribution is 6.01. The number of rotatable bonds is 8. The Bertz CT molecular complexity index is 1080. The van der Waals surface area contributed by atoms with E-state index in [1.165, 1.54) is 0 Å². The van der Waals surface area contributed by atoms with Crippen molar-refractivity contribution in [2.75, 3.05) is 33.4 Å². The summed E-state index contributed by atoms with van der Waals surface area (Å²) < 4.78 is 0. The number of aromatic amines is 1. The number of likely N-dealkylation sites (tertiary alicyclic amines) is 1. The van der Waals surface area contributed by atoms with Gasteiger partial charge in [0.2, 0.25) is 0 Å². The monoisotopic (exact) mass is 434 g/mol. The lowest BCUT2D eigenvalue weighted by molar-refractivity contribution is 0.0905. The molecule has 1 aromatic carbocycles. The number of H-pyrrole nitrogens is 1. The molecular weight excluding hydrogens is 404 g/mol. The van der Waals surface area contributed by atoms with Crippen LogP contribution in [0.25, 0.3) is 22.2 Å². The predicted octanol–water partition coefficient (Wildman–Crippen LogP) is 1.69. The Morgan fingerprint density at radius 2 is 2.16 bits per heavy atom. The maximum absolute atomic E-state index is 13.0. The molecule has 3 heterocycles. The molecule has 0 radical (unpaired) electrons. The number of aromatic nitrogens is 3. The van der Waals surface area contributed by atoms with Crippen LogP contribution < -0.4 is 16.6 Å². The van der Waals surface area contributed by atoms with E-state index < -0.39 is 0 Å². The zero-order valence-electron chi connectivity index (χ0n) is 18.3. The van der Waals surface area contributed by atoms with Gasteiger partial charge in [0.1, 0.15) is 5.69 Å². The van der Waals surface area contributed by atoms with Crippen molar-refractivity contribution in [1.29, 1.82) is 0 Å². The average molecular weight is 435 g/mol. The Labute approximate surface area is 187 Å². The summed E-state index contributed by atoms with van der Waals surface area (Å²) in [5.74, 6) is 5.33. The standard InChI is InChI=1S/C23H30N8O/c1-16(30(2)15-26-24)13-31-11-3-4-19(14-31)27-23(32)18-5-6-21-20(12-18)22(29-28-21)17-7-9-25-10-8-17/h5-10,12,19,26H,1,3-4,11,13-15,24H2,2H3,(H,27,32)(H,28,29). The molecular formula is C23H30N8O. The van der Waals surface area contributed by atoms with Crippen molar-refractivity contribution >= 4 is 16.8 Å². The largest absolute Gasteiger partial charge is 0.363 e. The topological polar surface area (TPSA) is 115 Å². The van der Waals surface area contributed by atoms with E-state index in [9.17, 15) is 4.79 Å². The summed E-state index contributed by atoms with van der Waals surface area (Å²) in [5, 5.41) is 11.6. The van der Waals surface area contributed by atoms with Gasteiger partial charge in [0.15, 0.2) is 0 Å². The molecule has 2 aromatic heterocycles. The number of carbonyl (C=O) groups is 1. The number of piperidine rings is 1. The third-order valence-electron chi connectivity index (χ3n) is 5.89. The van der Waals surface area contributed by atoms with Crippen molar-refractivity contribution in [2.24, 2.45) is 5.84 Å². The highest BCUT2D eigenvalue weighted by Gasteiger charge is 2.23. The summed E-state index contributed by atoms with van der Waals surface area (Å²) in [6.07, 6.45) is 5.47. The normalized spacial score (nSPS) is 16.8. The fourth-order valence-corrected chi connectivity index (χ4v) is 4.10. The van der Waals surface area contributed by atoms with Gasteiger partial charge in [0.05, 0.1) is 12.2 Å². The van der Waals surface area contributed by atoms with Crippen LogP contribution in [0.1, 0.15) is 23.2 Å². The number of nitrogens with one attached hydrogen (secondary N) is 3. The van der Waals surface area contributed by atoms with E-state index in [0.717, 1.165) is 60.3 Å². The van der Waals surface area contributed by atoms with Gasteiger partial charge in [-0.15, -0.1) is 0 Å². The third-order valence-corrected chi connectivity index (χ3v) is 5.89. The molecule has 1 saturated heterocycles. The Hall–Kier alpha value is -3.27. The highest BCUT2D eigenvalue weighted by atomic mass is 16.1. The molecule has 1 atom stereocenters. The van der Waals surface area contributed by atoms with Gasteiger partial charge in [0, 0.05) is 60.8 Å². The zero-order valence-corrected chi connectivity index (χ0v) is 18.3. The zero-order chi connectivity index (χ0) is 22.5. The van der Waals surface area contributed by atoms with Crippen molar-refractivity contribution in [3.05, 3.63) is 60.6 Å². The van der Waals surface area contributed by atoms with Gasteiger partial charge >= 0.3 is 0 Å². The van der Waals surface area contributed by atoms with Crippen LogP contribution >= 0.6 is 0 Å². The number of carbonyl (C=O) groups excluding carboxylic acids is 1. The Morgan fingerprint density at radius 3 is 2.94 bits per heavy atom. The second-order valence-electron chi connectivity index (χ2n) is 8.24. The molecule has 5 N–H and O–H groups in total. The van der Waals surface area contributed by atoms with Gasteiger partial charge in [-0.25, -0.2) is 5.43 Å². The van der Waals surface area contributed by atoms with Crippen molar-refractivity contribution in [2.45, 2.75) is 18.9 Å². The molecule has 0 spiro atoms. The summed E-state index contributed by atoms with van der Waals surface area (Å²) in [4.78, 5) is 21.4. The molecule has 0 aliphatic carbocycles. The van der Waals surface area contributed by atoms with Crippen molar-refractivity contribution < 1.29 is 4.79 Å². The van der Waals surface area contributed by atoms with E-state index >= 15 is 0 Å². The number of fused-ring (bicyclic) bond motifs is 1. The maximum atomic E-state index is 13.0. The summed E-state index contributed by atoms with van der Waals surface area (Å²) in [6, 6.07) is 9.56. The smallest absolute Gasteiger partial charge is 0.251 e. The first-order valence-corrected chi connectivity index (χ1v) is 10.8. The number of hydrazine groups is 1. The number of amides is 1. The number of pyridine rings is 1. The summed E-state index contributed by atoms with van der Waals surface area (Å²) in [7, 11) is 1.96. The van der Waals surface area contributed by atoms with E-state index in [-0.39, 0.29) is 11.9 Å². The van der Waals surface area contributed by atoms with Crippen LogP contribution in [0.5, 0.6) is 0 Å². The number of benzene rings is 1. The molecule has 1 aliphatic heterocycles. The number of nitrogens with zero attached hydrogens (tertiary/aromatic N) is 4. The minimum atomic E-state index is -0.0658. The minimum Gasteiger partial charge on any atom is -0.363 e. The van der Waals surface area contributed by atoms with Crippen molar-refractivity contribution in [3.8, 4) is 11.3 Å². The lowest BCUT2D eigenvalue weighted by Gasteiger charge is -2.35. The van der Waals surface area contributed by atoms with Crippen LogP contribution in [0, 0.1) is 0 Å². The molecule has 1 fully saturated rings. The number of hydrogen-bond acceptors (Lipinski definition) is 7. The quantitative estimate of drug-likeness (QED) is 0.242. The molecule has 1 amide bonds. The summed E-state index contributed by atoms with van der Waals surface area (Å²) in [5.41, 5.74) is 6.93. The molecule has 32 heavy (non-hydrogen) atoms. The SMILES string of the molecule is C=C(CN1CCCC(NC(=O)c2ccc3[nH]nc(-c4ccncc4)c3c2)C1)N(C)CNN. The molecule has 9 nitrogen and oxygen atoms in total. The Morgan fingerprint density at radius 1 is 1.34 bits per heavy atom. The predicted molar refractivity (Wildman–Crippen MR) is 125 cm³/mol. The lowest BCUT2D eigenvalue weighted by Crippen LogP contribution is -2.49. The molecule has 4 rings (SSSR count). The maximum Gasteiger partial charge on any atom is 0.251 e. The molecule has 1 aliphatic rings. The second kappa shape index (κ2) is 9.90. The van der Waals surface area contributed by atoms with Gasteiger partial charge in [-0.05, 0) is 49.7 Å². The van der Waals surface area contributed by atoms with Crippen LogP contribution in [0.4, 0.5) is 0 Å². The van der Waals surface area contributed by atoms with E-state index in [2.05, 4.69) is 37.4 Å². The fraction of sp³-hybridized carbons (Fsp3) is 0.348. The summed E-state index contributed by atoms with van der Waals surface area (Å²) >= 11 is 0. The molecule has 3 aromatic rings. The lowest BCUT2D eigenvalue weighted by atomic mass is 10.0. The molecule has 1 unspecified atom stereocenters. The van der Waals surface area contributed by atoms with E-state index in [1.807, 2.05) is 42.3 Å². The number of hydrogen-bond donors (Lipinski definition) is 4. The van der Waals surface area contributed by atoms with E-state index in [1.54, 1.807) is 12.4 Å². The van der Waals surface area contributed by atoms with Crippen LogP contribution in [0.15, 0.2) is 55.0 Å². The molecule has 9 heteroatoms. The summed E-state index contributed by atoms with van der Waals surface area (Å²) in [6.45, 7) is 7.23. The van der Waals surface area contributed by atoms with E-state index in [4.69, 9.17) is 5.84 Å². The molecule has 0 saturated carbocycles. The number of likely N-dealkylation sites (N-methyl/N-ethyl adjacent to an activating group) is 1. The third kappa shape index (κ3) is 4.96. The molecule has 168 valence electrons. The second-order valence-corrected chi connectivity index (χ2v) is 8.24. The van der Waals surface area contributed by atoms with Gasteiger partial charge in [0.25, 0.3) is 5.91 Å². The van der Waals surface area contributed by atoms with Gasteiger partial charge < -0.3 is 10.2 Å². The van der Waals surface area contributed by atoms with Gasteiger partial charge in [-0.2, -0.15) is 5.10 Å².